The van der Waals surface area contributed by atoms with Crippen molar-refractivity contribution in [1.82, 2.24) is 0 Å². The van der Waals surface area contributed by atoms with Crippen molar-refractivity contribution in [1.29, 1.82) is 0 Å². The molecule has 0 saturated heterocycles. The van der Waals surface area contributed by atoms with Crippen molar-refractivity contribution in [3.8, 4) is 0 Å². The molecule has 1 aromatic carbocycles. The Morgan fingerprint density at radius 1 is 0.696 bits per heavy atom. The van der Waals surface area contributed by atoms with E-state index >= 15 is 0 Å². The SMILES string of the molecule is CC(C)CCCCCCCCCCCCNc1ccccc1.Cl. The highest BCUT2D eigenvalue weighted by Crippen LogP contribution is 2.13. The van der Waals surface area contributed by atoms with Gasteiger partial charge in [-0.05, 0) is 24.5 Å². The Bertz CT molecular complexity index is 337. The van der Waals surface area contributed by atoms with Gasteiger partial charge in [0.2, 0.25) is 0 Å². The molecule has 1 aromatic rings. The smallest absolute Gasteiger partial charge is 0.0340 e. The van der Waals surface area contributed by atoms with Gasteiger partial charge < -0.3 is 5.32 Å². The Kier molecular flexibility index (Phi) is 15.7. The summed E-state index contributed by atoms with van der Waals surface area (Å²) in [7, 11) is 0. The van der Waals surface area contributed by atoms with Crippen LogP contribution in [0.4, 0.5) is 5.69 Å². The summed E-state index contributed by atoms with van der Waals surface area (Å²) in [6, 6.07) is 10.5. The maximum atomic E-state index is 3.48. The molecular weight excluding hydrogens is 302 g/mol. The van der Waals surface area contributed by atoms with E-state index in [1.165, 1.54) is 76.3 Å². The van der Waals surface area contributed by atoms with Gasteiger partial charge in [0.15, 0.2) is 0 Å². The fraction of sp³-hybridized carbons (Fsp3) is 0.714. The molecule has 0 radical (unpaired) electrons. The molecule has 0 amide bonds. The van der Waals surface area contributed by atoms with Crippen molar-refractivity contribution in [2.45, 2.75) is 84.5 Å². The maximum absolute atomic E-state index is 3.48. The molecule has 0 aliphatic carbocycles. The molecule has 0 spiro atoms. The van der Waals surface area contributed by atoms with E-state index in [4.69, 9.17) is 0 Å². The van der Waals surface area contributed by atoms with Crippen molar-refractivity contribution in [3.63, 3.8) is 0 Å². The molecule has 0 unspecified atom stereocenters. The highest BCUT2D eigenvalue weighted by molar-refractivity contribution is 5.85. The Hall–Kier alpha value is -0.690. The third-order valence-corrected chi connectivity index (χ3v) is 4.31. The second-order valence-electron chi connectivity index (χ2n) is 7.01. The Balaban J connectivity index is 0.00000484. The second-order valence-corrected chi connectivity index (χ2v) is 7.01. The summed E-state index contributed by atoms with van der Waals surface area (Å²) in [6.07, 6.45) is 15.6. The fourth-order valence-electron chi connectivity index (χ4n) is 2.88. The molecule has 134 valence electrons. The molecular formula is C21H38ClN. The first-order valence-electron chi connectivity index (χ1n) is 9.58. The summed E-state index contributed by atoms with van der Waals surface area (Å²) in [5, 5.41) is 3.48. The van der Waals surface area contributed by atoms with E-state index in [1.54, 1.807) is 0 Å². The van der Waals surface area contributed by atoms with Crippen LogP contribution in [0.5, 0.6) is 0 Å². The fourth-order valence-corrected chi connectivity index (χ4v) is 2.88. The van der Waals surface area contributed by atoms with Crippen molar-refractivity contribution < 1.29 is 0 Å². The molecule has 0 atom stereocenters. The van der Waals surface area contributed by atoms with Gasteiger partial charge in [-0.2, -0.15) is 0 Å². The summed E-state index contributed by atoms with van der Waals surface area (Å²) in [6.45, 7) is 5.77. The van der Waals surface area contributed by atoms with Gasteiger partial charge in [-0.25, -0.2) is 0 Å². The average molecular weight is 340 g/mol. The van der Waals surface area contributed by atoms with E-state index in [9.17, 15) is 0 Å². The van der Waals surface area contributed by atoms with Gasteiger partial charge in [0, 0.05) is 12.2 Å². The number of para-hydroxylation sites is 1. The first-order valence-corrected chi connectivity index (χ1v) is 9.58. The van der Waals surface area contributed by atoms with Crippen LogP contribution in [-0.4, -0.2) is 6.54 Å². The minimum atomic E-state index is 0. The third-order valence-electron chi connectivity index (χ3n) is 4.31. The number of nitrogens with one attached hydrogen (secondary N) is 1. The van der Waals surface area contributed by atoms with Crippen LogP contribution in [0.1, 0.15) is 84.5 Å². The molecule has 1 rings (SSSR count). The van der Waals surface area contributed by atoms with E-state index < -0.39 is 0 Å². The lowest BCUT2D eigenvalue weighted by atomic mass is 10.0. The van der Waals surface area contributed by atoms with Crippen molar-refractivity contribution in [3.05, 3.63) is 30.3 Å². The number of unbranched alkanes of at least 4 members (excludes halogenated alkanes) is 9. The van der Waals surface area contributed by atoms with Gasteiger partial charge in [-0.15, -0.1) is 12.4 Å². The zero-order valence-corrected chi connectivity index (χ0v) is 16.2. The van der Waals surface area contributed by atoms with E-state index in [2.05, 4.69) is 49.5 Å². The Labute approximate surface area is 151 Å². The predicted octanol–water partition coefficient (Wildman–Crippen LogP) is 7.47. The monoisotopic (exact) mass is 339 g/mol. The number of rotatable bonds is 14. The van der Waals surface area contributed by atoms with Crippen LogP contribution in [0.25, 0.3) is 0 Å². The van der Waals surface area contributed by atoms with E-state index in [0.717, 1.165) is 12.5 Å². The van der Waals surface area contributed by atoms with Crippen LogP contribution < -0.4 is 5.32 Å². The Morgan fingerprint density at radius 2 is 1.17 bits per heavy atom. The van der Waals surface area contributed by atoms with Crippen LogP contribution in [0.3, 0.4) is 0 Å². The standard InChI is InChI=1S/C21H37N.ClH/c1-20(2)16-12-9-7-5-3-4-6-8-10-15-19-22-21-17-13-11-14-18-21;/h11,13-14,17-18,20,22H,3-10,12,15-16,19H2,1-2H3;1H. The molecule has 0 fully saturated rings. The van der Waals surface area contributed by atoms with Gasteiger partial charge in [-0.1, -0.05) is 96.3 Å². The van der Waals surface area contributed by atoms with Gasteiger partial charge in [0.05, 0.1) is 0 Å². The highest BCUT2D eigenvalue weighted by Gasteiger charge is 1.96. The lowest BCUT2D eigenvalue weighted by Gasteiger charge is -2.06. The van der Waals surface area contributed by atoms with Crippen LogP contribution in [-0.2, 0) is 0 Å². The summed E-state index contributed by atoms with van der Waals surface area (Å²) < 4.78 is 0. The predicted molar refractivity (Wildman–Crippen MR) is 108 cm³/mol. The summed E-state index contributed by atoms with van der Waals surface area (Å²) >= 11 is 0. The number of halogens is 1. The third kappa shape index (κ3) is 14.6. The zero-order valence-electron chi connectivity index (χ0n) is 15.4. The molecule has 0 heterocycles. The molecule has 0 saturated carbocycles. The minimum absolute atomic E-state index is 0. The quantitative estimate of drug-likeness (QED) is 0.346. The minimum Gasteiger partial charge on any atom is -0.385 e. The van der Waals surface area contributed by atoms with Gasteiger partial charge in [0.1, 0.15) is 0 Å². The summed E-state index contributed by atoms with van der Waals surface area (Å²) in [4.78, 5) is 0. The first-order chi connectivity index (χ1) is 10.8. The molecule has 0 aromatic heterocycles. The van der Waals surface area contributed by atoms with Crippen LogP contribution >= 0.6 is 12.4 Å². The Morgan fingerprint density at radius 3 is 1.70 bits per heavy atom. The average Bonchev–Trinajstić information content (AvgIpc) is 2.52. The molecule has 0 aliphatic heterocycles. The van der Waals surface area contributed by atoms with E-state index in [0.29, 0.717) is 0 Å². The molecule has 23 heavy (non-hydrogen) atoms. The summed E-state index contributed by atoms with van der Waals surface area (Å²) in [5.41, 5.74) is 1.25. The lowest BCUT2D eigenvalue weighted by Crippen LogP contribution is -2.00. The number of benzene rings is 1. The molecule has 1 nitrogen and oxygen atoms in total. The first kappa shape index (κ1) is 22.3. The molecule has 2 heteroatoms. The van der Waals surface area contributed by atoms with Gasteiger partial charge >= 0.3 is 0 Å². The highest BCUT2D eigenvalue weighted by atomic mass is 35.5. The maximum Gasteiger partial charge on any atom is 0.0340 e. The largest absolute Gasteiger partial charge is 0.385 e. The van der Waals surface area contributed by atoms with Crippen molar-refractivity contribution in [2.75, 3.05) is 11.9 Å². The number of hydrogen-bond donors (Lipinski definition) is 1. The summed E-state index contributed by atoms with van der Waals surface area (Å²) in [5.74, 6) is 0.886. The molecule has 0 bridgehead atoms. The van der Waals surface area contributed by atoms with Gasteiger partial charge in [0.25, 0.3) is 0 Å². The normalized spacial score (nSPS) is 10.6. The molecule has 0 aliphatic rings. The number of anilines is 1. The number of hydrogen-bond acceptors (Lipinski definition) is 1. The lowest BCUT2D eigenvalue weighted by molar-refractivity contribution is 0.505. The molecule has 1 N–H and O–H groups in total. The van der Waals surface area contributed by atoms with E-state index in [-0.39, 0.29) is 12.4 Å². The van der Waals surface area contributed by atoms with E-state index in [1.807, 2.05) is 0 Å². The topological polar surface area (TPSA) is 12.0 Å². The van der Waals surface area contributed by atoms with Crippen LogP contribution in [0, 0.1) is 5.92 Å². The van der Waals surface area contributed by atoms with Crippen LogP contribution in [0.2, 0.25) is 0 Å². The zero-order chi connectivity index (χ0) is 15.9. The van der Waals surface area contributed by atoms with Gasteiger partial charge in [-0.3, -0.25) is 0 Å². The van der Waals surface area contributed by atoms with Crippen molar-refractivity contribution >= 4 is 18.1 Å². The van der Waals surface area contributed by atoms with Crippen LogP contribution in [0.15, 0.2) is 30.3 Å². The second kappa shape index (κ2) is 16.2. The van der Waals surface area contributed by atoms with Crippen molar-refractivity contribution in [2.24, 2.45) is 5.92 Å².